The molecule has 0 atom stereocenters. The highest BCUT2D eigenvalue weighted by Crippen LogP contribution is 2.20. The number of hydrogen-bond donors (Lipinski definition) is 2. The molecule has 2 aromatic heterocycles. The minimum Gasteiger partial charge on any atom is -0.273 e. The Morgan fingerprint density at radius 1 is 0.846 bits per heavy atom. The Morgan fingerprint density at radius 2 is 1.27 bits per heavy atom. The molecule has 26 heavy (non-hydrogen) atoms. The summed E-state index contributed by atoms with van der Waals surface area (Å²) in [4.78, 5) is 25.0. The van der Waals surface area contributed by atoms with Gasteiger partial charge in [-0.1, -0.05) is 23.2 Å². The molecule has 2 rings (SSSR count). The van der Waals surface area contributed by atoms with E-state index in [-0.39, 0.29) is 11.8 Å². The molecule has 138 valence electrons. The van der Waals surface area contributed by atoms with Crippen LogP contribution in [0.2, 0.25) is 8.67 Å². The van der Waals surface area contributed by atoms with Crippen molar-refractivity contribution < 1.29 is 9.59 Å². The number of hydrazone groups is 2. The van der Waals surface area contributed by atoms with Crippen molar-refractivity contribution in [3.8, 4) is 0 Å². The van der Waals surface area contributed by atoms with Crippen LogP contribution in [-0.2, 0) is 9.59 Å². The van der Waals surface area contributed by atoms with E-state index < -0.39 is 0 Å². The summed E-state index contributed by atoms with van der Waals surface area (Å²) in [6.45, 7) is 0. The third kappa shape index (κ3) is 8.09. The van der Waals surface area contributed by atoms with E-state index in [0.29, 0.717) is 34.4 Å². The van der Waals surface area contributed by atoms with Crippen molar-refractivity contribution >= 4 is 70.1 Å². The number of nitrogens with zero attached hydrogens (tertiary/aromatic N) is 2. The fraction of sp³-hybridized carbons (Fsp3) is 0.250. The summed E-state index contributed by atoms with van der Waals surface area (Å²) in [5, 5.41) is 7.72. The normalized spacial score (nSPS) is 11.3. The molecule has 10 heteroatoms. The van der Waals surface area contributed by atoms with Gasteiger partial charge >= 0.3 is 0 Å². The van der Waals surface area contributed by atoms with Crippen molar-refractivity contribution in [3.63, 3.8) is 0 Å². The van der Waals surface area contributed by atoms with Crippen molar-refractivity contribution in [3.05, 3.63) is 42.7 Å². The third-order valence-corrected chi connectivity index (χ3v) is 5.34. The van der Waals surface area contributed by atoms with Crippen LogP contribution in [0, 0.1) is 0 Å². The van der Waals surface area contributed by atoms with Gasteiger partial charge in [0.2, 0.25) is 11.8 Å². The average Bonchev–Trinajstić information content (AvgIpc) is 3.20. The molecule has 0 unspecified atom stereocenters. The van der Waals surface area contributed by atoms with Gasteiger partial charge in [0.15, 0.2) is 0 Å². The lowest BCUT2D eigenvalue weighted by Gasteiger charge is -2.00. The molecule has 0 spiro atoms. The summed E-state index contributed by atoms with van der Waals surface area (Å²) >= 11 is 14.3. The van der Waals surface area contributed by atoms with Crippen molar-refractivity contribution in [2.45, 2.75) is 25.7 Å². The first-order valence-electron chi connectivity index (χ1n) is 7.67. The van der Waals surface area contributed by atoms with Gasteiger partial charge in [0.1, 0.15) is 0 Å². The Hall–Kier alpha value is -1.74. The molecule has 2 aromatic rings. The van der Waals surface area contributed by atoms with Crippen LogP contribution in [0.15, 0.2) is 34.5 Å². The Labute approximate surface area is 168 Å². The van der Waals surface area contributed by atoms with Crippen LogP contribution in [0.1, 0.15) is 35.4 Å². The van der Waals surface area contributed by atoms with Gasteiger partial charge in [-0.15, -0.1) is 22.7 Å². The van der Waals surface area contributed by atoms with E-state index in [1.54, 1.807) is 24.6 Å². The molecule has 0 bridgehead atoms. The number of thiophene rings is 2. The highest BCUT2D eigenvalue weighted by Gasteiger charge is 2.03. The highest BCUT2D eigenvalue weighted by atomic mass is 35.5. The van der Waals surface area contributed by atoms with E-state index in [1.807, 2.05) is 12.1 Å². The Kier molecular flexibility index (Phi) is 8.76. The van der Waals surface area contributed by atoms with Gasteiger partial charge in [0.25, 0.3) is 0 Å². The molecule has 0 saturated heterocycles. The second kappa shape index (κ2) is 11.1. The van der Waals surface area contributed by atoms with Crippen molar-refractivity contribution in [1.82, 2.24) is 10.9 Å². The number of halogens is 2. The maximum atomic E-state index is 11.6. The minimum atomic E-state index is -0.197. The van der Waals surface area contributed by atoms with Crippen LogP contribution >= 0.6 is 45.9 Å². The van der Waals surface area contributed by atoms with Gasteiger partial charge in [-0.2, -0.15) is 10.2 Å². The molecule has 0 radical (unpaired) electrons. The van der Waals surface area contributed by atoms with Crippen LogP contribution in [0.4, 0.5) is 0 Å². The number of amides is 2. The number of carbonyl (C=O) groups is 2. The van der Waals surface area contributed by atoms with Crippen molar-refractivity contribution in [2.24, 2.45) is 10.2 Å². The molecule has 2 N–H and O–H groups in total. The van der Waals surface area contributed by atoms with E-state index in [0.717, 1.165) is 9.75 Å². The van der Waals surface area contributed by atoms with Crippen LogP contribution in [0.25, 0.3) is 0 Å². The lowest BCUT2D eigenvalue weighted by molar-refractivity contribution is -0.123. The average molecular weight is 431 g/mol. The second-order valence-corrected chi connectivity index (χ2v) is 8.57. The molecule has 0 saturated carbocycles. The van der Waals surface area contributed by atoms with Crippen LogP contribution < -0.4 is 10.9 Å². The number of rotatable bonds is 9. The molecule has 6 nitrogen and oxygen atoms in total. The van der Waals surface area contributed by atoms with Gasteiger partial charge in [-0.25, -0.2) is 10.9 Å². The molecule has 0 aromatic carbocycles. The van der Waals surface area contributed by atoms with Gasteiger partial charge < -0.3 is 0 Å². The lowest BCUT2D eigenvalue weighted by Crippen LogP contribution is -2.18. The lowest BCUT2D eigenvalue weighted by atomic mass is 10.2. The molecule has 0 aliphatic carbocycles. The number of nitrogens with one attached hydrogen (secondary N) is 2. The summed E-state index contributed by atoms with van der Waals surface area (Å²) < 4.78 is 1.33. The highest BCUT2D eigenvalue weighted by molar-refractivity contribution is 7.18. The maximum Gasteiger partial charge on any atom is 0.240 e. The Balaban J connectivity index is 1.54. The molecule has 0 aliphatic rings. The van der Waals surface area contributed by atoms with Gasteiger partial charge in [-0.3, -0.25) is 9.59 Å². The smallest absolute Gasteiger partial charge is 0.240 e. The van der Waals surface area contributed by atoms with E-state index in [4.69, 9.17) is 23.2 Å². The monoisotopic (exact) mass is 430 g/mol. The van der Waals surface area contributed by atoms with E-state index in [1.165, 1.54) is 22.7 Å². The van der Waals surface area contributed by atoms with Gasteiger partial charge in [-0.05, 0) is 37.1 Å². The quantitative estimate of drug-likeness (QED) is 0.353. The first-order chi connectivity index (χ1) is 12.5. The van der Waals surface area contributed by atoms with E-state index in [2.05, 4.69) is 21.1 Å². The first kappa shape index (κ1) is 20.6. The fourth-order valence-electron chi connectivity index (χ4n) is 1.81. The van der Waals surface area contributed by atoms with Crippen molar-refractivity contribution in [1.29, 1.82) is 0 Å². The zero-order valence-electron chi connectivity index (χ0n) is 13.6. The first-order valence-corrected chi connectivity index (χ1v) is 10.1. The predicted octanol–water partition coefficient (Wildman–Crippen LogP) is 4.28. The molecule has 0 fully saturated rings. The van der Waals surface area contributed by atoms with Crippen LogP contribution in [-0.4, -0.2) is 24.2 Å². The van der Waals surface area contributed by atoms with Crippen LogP contribution in [0.5, 0.6) is 0 Å². The summed E-state index contributed by atoms with van der Waals surface area (Å²) in [5.41, 5.74) is 4.89. The zero-order chi connectivity index (χ0) is 18.8. The number of carbonyl (C=O) groups excluding carboxylic acids is 2. The van der Waals surface area contributed by atoms with Gasteiger partial charge in [0, 0.05) is 22.6 Å². The fourth-order valence-corrected chi connectivity index (χ4v) is 3.68. The zero-order valence-corrected chi connectivity index (χ0v) is 16.7. The SMILES string of the molecule is O=C(CCCCC(=O)NN=Cc1ccc(Cl)s1)NN=Cc1ccc(Cl)s1. The Morgan fingerprint density at radius 3 is 1.62 bits per heavy atom. The van der Waals surface area contributed by atoms with E-state index >= 15 is 0 Å². The molecular weight excluding hydrogens is 415 g/mol. The third-order valence-electron chi connectivity index (χ3n) is 3.01. The maximum absolute atomic E-state index is 11.6. The molecule has 2 amide bonds. The largest absolute Gasteiger partial charge is 0.273 e. The Bertz CT molecular complexity index is 736. The summed E-state index contributed by atoms with van der Waals surface area (Å²) in [5.74, 6) is -0.395. The molecular formula is C16H16Cl2N4O2S2. The number of unbranched alkanes of at least 4 members (excludes halogenated alkanes) is 1. The predicted molar refractivity (Wildman–Crippen MR) is 109 cm³/mol. The van der Waals surface area contributed by atoms with Gasteiger partial charge in [0.05, 0.1) is 21.1 Å². The second-order valence-electron chi connectivity index (χ2n) is 5.08. The standard InChI is InChI=1S/C16H16Cl2N4O2S2/c17-13-7-5-11(25-13)9-19-21-15(23)3-1-2-4-16(24)22-20-10-12-6-8-14(18)26-12/h5-10H,1-4H2,(H,21,23)(H,22,24). The van der Waals surface area contributed by atoms with Crippen LogP contribution in [0.3, 0.4) is 0 Å². The van der Waals surface area contributed by atoms with E-state index in [9.17, 15) is 9.59 Å². The van der Waals surface area contributed by atoms with Crippen molar-refractivity contribution in [2.75, 3.05) is 0 Å². The summed E-state index contributed by atoms with van der Waals surface area (Å²) in [6, 6.07) is 7.16. The topological polar surface area (TPSA) is 82.9 Å². The molecule has 0 aliphatic heterocycles. The minimum absolute atomic E-state index is 0.197. The number of hydrogen-bond acceptors (Lipinski definition) is 6. The summed E-state index contributed by atoms with van der Waals surface area (Å²) in [7, 11) is 0. The summed E-state index contributed by atoms with van der Waals surface area (Å²) in [6.07, 6.45) is 4.86. The molecule has 2 heterocycles.